The van der Waals surface area contributed by atoms with Gasteiger partial charge in [0.25, 0.3) is 5.56 Å². The number of allylic oxidation sites excluding steroid dienone is 1. The van der Waals surface area contributed by atoms with E-state index in [1.807, 2.05) is 62.8 Å². The number of rotatable bonds is 8. The second kappa shape index (κ2) is 12.1. The highest BCUT2D eigenvalue weighted by Gasteiger charge is 2.28. The van der Waals surface area contributed by atoms with E-state index in [1.54, 1.807) is 27.8 Å². The third-order valence-electron chi connectivity index (χ3n) is 7.42. The van der Waals surface area contributed by atoms with Crippen LogP contribution in [-0.4, -0.2) is 69.9 Å². The van der Waals surface area contributed by atoms with Crippen molar-refractivity contribution < 1.29 is 14.3 Å². The molecule has 1 fully saturated rings. The first-order chi connectivity index (χ1) is 21.6. The number of fused-ring (bicyclic) bond motifs is 2. The first-order valence-electron chi connectivity index (χ1n) is 15.1. The maximum atomic E-state index is 13.4. The molecule has 1 amide bonds. The smallest absolute Gasteiger partial charge is 0.410 e. The third-order valence-corrected chi connectivity index (χ3v) is 7.42. The van der Waals surface area contributed by atoms with E-state index in [0.29, 0.717) is 54.6 Å². The van der Waals surface area contributed by atoms with Crippen molar-refractivity contribution >= 4 is 39.7 Å². The van der Waals surface area contributed by atoms with Gasteiger partial charge in [-0.3, -0.25) is 9.48 Å². The number of likely N-dealkylation sites (tertiary alicyclic amines) is 1. The van der Waals surface area contributed by atoms with Crippen LogP contribution in [0.1, 0.15) is 40.5 Å². The second-order valence-corrected chi connectivity index (χ2v) is 11.9. The van der Waals surface area contributed by atoms with Gasteiger partial charge in [0.2, 0.25) is 11.8 Å². The first-order valence-corrected chi connectivity index (χ1v) is 15.1. The van der Waals surface area contributed by atoms with Crippen LogP contribution in [0.25, 0.3) is 27.8 Å². The van der Waals surface area contributed by atoms with Crippen LogP contribution >= 0.6 is 0 Å². The van der Waals surface area contributed by atoms with E-state index in [9.17, 15) is 9.59 Å². The Balaban J connectivity index is 1.26. The quantitative estimate of drug-likeness (QED) is 0.239. The number of hydrogen-bond acceptors (Lipinski definition) is 9. The van der Waals surface area contributed by atoms with Crippen LogP contribution in [0, 0.1) is 0 Å². The SMILES string of the molecule is C=CCn1c(=O)c2cnc(Nc3ccc4nn(CC)cc4c3)nc2n1-c1cccc(OC2CCN(C(=O)OC(C)(C)C)CC2)n1. The van der Waals surface area contributed by atoms with Crippen LogP contribution in [-0.2, 0) is 17.8 Å². The summed E-state index contributed by atoms with van der Waals surface area (Å²) in [6.07, 6.45) is 6.01. The van der Waals surface area contributed by atoms with Crippen LogP contribution in [0.5, 0.6) is 5.88 Å². The molecule has 0 aliphatic carbocycles. The molecule has 0 atom stereocenters. The van der Waals surface area contributed by atoms with E-state index in [2.05, 4.69) is 22.0 Å². The molecule has 45 heavy (non-hydrogen) atoms. The molecule has 13 heteroatoms. The van der Waals surface area contributed by atoms with Gasteiger partial charge in [0, 0.05) is 62.0 Å². The molecular weight excluding hydrogens is 574 g/mol. The minimum Gasteiger partial charge on any atom is -0.474 e. The average molecular weight is 612 g/mol. The summed E-state index contributed by atoms with van der Waals surface area (Å²) in [6.45, 7) is 13.5. The number of piperidine rings is 1. The monoisotopic (exact) mass is 611 g/mol. The third kappa shape index (κ3) is 6.37. The minimum atomic E-state index is -0.542. The number of anilines is 2. The fourth-order valence-corrected chi connectivity index (χ4v) is 5.30. The number of nitrogens with zero attached hydrogens (tertiary/aromatic N) is 8. The molecule has 1 aliphatic heterocycles. The Kier molecular flexibility index (Phi) is 8.00. The van der Waals surface area contributed by atoms with E-state index in [4.69, 9.17) is 19.4 Å². The standard InChI is InChI=1S/C32H37N9O4/c1-6-15-40-29(42)24-19-33-30(34-22-11-12-25-21(18-22)20-39(7-2)37-25)36-28(24)41(40)26-9-8-10-27(35-26)44-23-13-16-38(17-14-23)31(43)45-32(3,4)5/h6,8-12,18-20,23H,1,7,13-17H2,2-5H3,(H,33,34,36). The Morgan fingerprint density at radius 1 is 1.16 bits per heavy atom. The van der Waals surface area contributed by atoms with Crippen LogP contribution in [0.4, 0.5) is 16.4 Å². The molecule has 5 heterocycles. The van der Waals surface area contributed by atoms with Crippen molar-refractivity contribution in [2.24, 2.45) is 0 Å². The maximum absolute atomic E-state index is 13.4. The van der Waals surface area contributed by atoms with Crippen molar-refractivity contribution in [3.63, 3.8) is 0 Å². The van der Waals surface area contributed by atoms with Gasteiger partial charge >= 0.3 is 6.09 Å². The van der Waals surface area contributed by atoms with Crippen molar-refractivity contribution in [1.82, 2.24) is 39.0 Å². The van der Waals surface area contributed by atoms with Crippen molar-refractivity contribution in [1.29, 1.82) is 0 Å². The Hall–Kier alpha value is -5.20. The molecule has 6 rings (SSSR count). The van der Waals surface area contributed by atoms with E-state index in [1.165, 1.54) is 10.9 Å². The minimum absolute atomic E-state index is 0.122. The van der Waals surface area contributed by atoms with Gasteiger partial charge in [0.1, 0.15) is 17.1 Å². The van der Waals surface area contributed by atoms with Gasteiger partial charge in [-0.1, -0.05) is 12.1 Å². The highest BCUT2D eigenvalue weighted by Crippen LogP contribution is 2.24. The molecule has 0 unspecified atom stereocenters. The van der Waals surface area contributed by atoms with Crippen molar-refractivity contribution in [3.8, 4) is 11.7 Å². The first kappa shape index (κ1) is 29.9. The molecule has 4 aromatic heterocycles. The van der Waals surface area contributed by atoms with Crippen LogP contribution in [0.3, 0.4) is 0 Å². The number of aryl methyl sites for hydroxylation is 1. The normalized spacial score (nSPS) is 14.2. The Morgan fingerprint density at radius 3 is 2.69 bits per heavy atom. The van der Waals surface area contributed by atoms with Gasteiger partial charge in [-0.2, -0.15) is 15.1 Å². The number of carbonyl (C=O) groups is 1. The lowest BCUT2D eigenvalue weighted by Gasteiger charge is -2.33. The highest BCUT2D eigenvalue weighted by molar-refractivity contribution is 5.83. The molecular formula is C32H37N9O4. The molecule has 13 nitrogen and oxygen atoms in total. The fourth-order valence-electron chi connectivity index (χ4n) is 5.30. The molecule has 234 valence electrons. The number of ether oxygens (including phenoxy) is 2. The van der Waals surface area contributed by atoms with E-state index in [0.717, 1.165) is 23.1 Å². The number of amides is 1. The summed E-state index contributed by atoms with van der Waals surface area (Å²) in [5.41, 5.74) is 1.29. The molecule has 0 radical (unpaired) electrons. The van der Waals surface area contributed by atoms with Gasteiger partial charge in [-0.15, -0.1) is 6.58 Å². The van der Waals surface area contributed by atoms with E-state index < -0.39 is 5.60 Å². The predicted molar refractivity (Wildman–Crippen MR) is 171 cm³/mol. The molecule has 0 saturated carbocycles. The number of hydrogen-bond donors (Lipinski definition) is 1. The highest BCUT2D eigenvalue weighted by atomic mass is 16.6. The number of nitrogens with one attached hydrogen (secondary N) is 1. The van der Waals surface area contributed by atoms with Gasteiger partial charge in [-0.25, -0.2) is 19.1 Å². The average Bonchev–Trinajstić information content (AvgIpc) is 3.54. The summed E-state index contributed by atoms with van der Waals surface area (Å²) in [4.78, 5) is 41.5. The lowest BCUT2D eigenvalue weighted by Crippen LogP contribution is -2.44. The molecule has 1 aliphatic rings. The summed E-state index contributed by atoms with van der Waals surface area (Å²) in [7, 11) is 0. The molecule has 0 bridgehead atoms. The maximum Gasteiger partial charge on any atom is 0.410 e. The molecule has 0 spiro atoms. The van der Waals surface area contributed by atoms with Crippen molar-refractivity contribution in [2.45, 2.75) is 65.3 Å². The molecule has 1 N–H and O–H groups in total. The van der Waals surface area contributed by atoms with E-state index in [-0.39, 0.29) is 24.3 Å². The topological polar surface area (TPSA) is 134 Å². The molecule has 5 aromatic rings. The zero-order chi connectivity index (χ0) is 31.7. The number of pyridine rings is 1. The summed E-state index contributed by atoms with van der Waals surface area (Å²) >= 11 is 0. The zero-order valence-electron chi connectivity index (χ0n) is 25.9. The Morgan fingerprint density at radius 2 is 1.96 bits per heavy atom. The van der Waals surface area contributed by atoms with Gasteiger partial charge < -0.3 is 19.7 Å². The molecule has 1 aromatic carbocycles. The lowest BCUT2D eigenvalue weighted by atomic mass is 10.1. The van der Waals surface area contributed by atoms with Crippen LogP contribution < -0.4 is 15.6 Å². The number of aromatic nitrogens is 7. The van der Waals surface area contributed by atoms with Gasteiger partial charge in [-0.05, 0) is 52.0 Å². The van der Waals surface area contributed by atoms with Gasteiger partial charge in [0.15, 0.2) is 11.5 Å². The van der Waals surface area contributed by atoms with E-state index >= 15 is 0 Å². The lowest BCUT2D eigenvalue weighted by molar-refractivity contribution is 0.0123. The summed E-state index contributed by atoms with van der Waals surface area (Å²) in [5, 5.41) is 9.14. The Bertz CT molecular complexity index is 1930. The second-order valence-electron chi connectivity index (χ2n) is 11.9. The largest absolute Gasteiger partial charge is 0.474 e. The summed E-state index contributed by atoms with van der Waals surface area (Å²) in [5.74, 6) is 1.21. The van der Waals surface area contributed by atoms with Crippen molar-refractivity contribution in [2.75, 3.05) is 18.4 Å². The van der Waals surface area contributed by atoms with Gasteiger partial charge in [0.05, 0.1) is 12.1 Å². The van der Waals surface area contributed by atoms with Crippen LogP contribution in [0.2, 0.25) is 0 Å². The Labute approximate surface area is 260 Å². The summed E-state index contributed by atoms with van der Waals surface area (Å²) < 4.78 is 16.8. The number of benzene rings is 1. The fraction of sp³-hybridized carbons (Fsp3) is 0.375. The zero-order valence-corrected chi connectivity index (χ0v) is 25.9. The number of carbonyl (C=O) groups excluding carboxylic acids is 1. The molecule has 1 saturated heterocycles. The van der Waals surface area contributed by atoms with Crippen LogP contribution in [0.15, 0.2) is 66.2 Å². The summed E-state index contributed by atoms with van der Waals surface area (Å²) in [6, 6.07) is 11.2. The van der Waals surface area contributed by atoms with Crippen molar-refractivity contribution in [3.05, 3.63) is 71.8 Å². The predicted octanol–water partition coefficient (Wildman–Crippen LogP) is 5.05.